The minimum absolute atomic E-state index is 0.125. The first-order valence-corrected chi connectivity index (χ1v) is 13.4. The Morgan fingerprint density at radius 1 is 0.912 bits per heavy atom. The molecule has 1 heterocycles. The van der Waals surface area contributed by atoms with Gasteiger partial charge in [0.05, 0.1) is 0 Å². The second kappa shape index (κ2) is 8.57. The van der Waals surface area contributed by atoms with Gasteiger partial charge < -0.3 is 5.32 Å². The molecule has 1 aliphatic carbocycles. The van der Waals surface area contributed by atoms with Gasteiger partial charge in [0.2, 0.25) is 0 Å². The Bertz CT molecular complexity index is 1350. The number of anilines is 1. The summed E-state index contributed by atoms with van der Waals surface area (Å²) < 4.78 is 1.46. The number of hydrogen-bond acceptors (Lipinski definition) is 2. The molecular formula is C32H37NS. The molecule has 1 N–H and O–H groups in total. The Balaban J connectivity index is 1.52. The first-order chi connectivity index (χ1) is 16.1. The zero-order valence-electron chi connectivity index (χ0n) is 21.7. The zero-order chi connectivity index (χ0) is 24.2. The molecule has 2 unspecified atom stereocenters. The van der Waals surface area contributed by atoms with Crippen LogP contribution < -0.4 is 5.32 Å². The Morgan fingerprint density at radius 2 is 1.65 bits per heavy atom. The lowest BCUT2D eigenvalue weighted by atomic mass is 9.77. The maximum atomic E-state index is 3.99. The van der Waals surface area contributed by atoms with E-state index in [0.29, 0.717) is 12.0 Å². The van der Waals surface area contributed by atoms with Crippen LogP contribution in [0.4, 0.5) is 5.69 Å². The van der Waals surface area contributed by atoms with Crippen LogP contribution in [0.3, 0.4) is 0 Å². The minimum Gasteiger partial charge on any atom is -0.381 e. The summed E-state index contributed by atoms with van der Waals surface area (Å²) in [6, 6.07) is 20.8. The van der Waals surface area contributed by atoms with Crippen LogP contribution in [0.1, 0.15) is 72.7 Å². The molecule has 2 atom stereocenters. The van der Waals surface area contributed by atoms with E-state index < -0.39 is 0 Å². The molecule has 3 aromatic carbocycles. The summed E-state index contributed by atoms with van der Waals surface area (Å²) >= 11 is 1.96. The minimum atomic E-state index is 0.125. The quantitative estimate of drug-likeness (QED) is 0.316. The molecule has 0 saturated carbocycles. The lowest BCUT2D eigenvalue weighted by Crippen LogP contribution is -2.30. The van der Waals surface area contributed by atoms with Crippen LogP contribution in [0.15, 0.2) is 54.6 Å². The molecule has 1 aliphatic rings. The van der Waals surface area contributed by atoms with Crippen LogP contribution in [0.2, 0.25) is 0 Å². The lowest BCUT2D eigenvalue weighted by molar-refractivity contribution is 0.537. The van der Waals surface area contributed by atoms with Crippen LogP contribution in [-0.4, -0.2) is 6.04 Å². The third kappa shape index (κ3) is 4.07. The normalized spacial score (nSPS) is 18.2. The molecule has 0 bridgehead atoms. The molecule has 1 nitrogen and oxygen atoms in total. The summed E-state index contributed by atoms with van der Waals surface area (Å²) in [5.41, 5.74) is 11.5. The van der Waals surface area contributed by atoms with Gasteiger partial charge in [-0.3, -0.25) is 0 Å². The van der Waals surface area contributed by atoms with Crippen molar-refractivity contribution in [3.8, 4) is 11.1 Å². The second-order valence-electron chi connectivity index (χ2n) is 11.3. The van der Waals surface area contributed by atoms with E-state index in [0.717, 1.165) is 12.8 Å². The molecule has 176 valence electrons. The SMILES string of the molecule is Cc1sc2cc3c(c(C)c2c1C)C(C)CC(Nc1ccc(C(C)(C)C)cc1-c1ccccc1)C3. The van der Waals surface area contributed by atoms with E-state index in [1.165, 1.54) is 54.0 Å². The summed E-state index contributed by atoms with van der Waals surface area (Å²) in [5.74, 6) is 0.555. The van der Waals surface area contributed by atoms with Crippen molar-refractivity contribution in [3.63, 3.8) is 0 Å². The fraction of sp³-hybridized carbons (Fsp3) is 0.375. The van der Waals surface area contributed by atoms with Crippen molar-refractivity contribution < 1.29 is 0 Å². The molecule has 0 fully saturated rings. The molecule has 0 radical (unpaired) electrons. The van der Waals surface area contributed by atoms with Crippen molar-refractivity contribution in [2.45, 2.75) is 78.7 Å². The number of rotatable bonds is 3. The highest BCUT2D eigenvalue weighted by molar-refractivity contribution is 7.19. The highest BCUT2D eigenvalue weighted by Gasteiger charge is 2.28. The van der Waals surface area contributed by atoms with E-state index in [2.05, 4.69) is 108 Å². The highest BCUT2D eigenvalue weighted by atomic mass is 32.1. The molecule has 1 aromatic heterocycles. The van der Waals surface area contributed by atoms with Crippen molar-refractivity contribution in [2.24, 2.45) is 0 Å². The fourth-order valence-electron chi connectivity index (χ4n) is 5.90. The zero-order valence-corrected chi connectivity index (χ0v) is 22.5. The van der Waals surface area contributed by atoms with Crippen LogP contribution in [0, 0.1) is 20.8 Å². The van der Waals surface area contributed by atoms with E-state index in [4.69, 9.17) is 0 Å². The Hall–Kier alpha value is -2.58. The van der Waals surface area contributed by atoms with E-state index in [9.17, 15) is 0 Å². The maximum Gasteiger partial charge on any atom is 0.0422 e. The Kier molecular flexibility index (Phi) is 5.84. The number of hydrogen-bond donors (Lipinski definition) is 1. The molecule has 5 rings (SSSR count). The average Bonchev–Trinajstić information content (AvgIpc) is 3.07. The lowest BCUT2D eigenvalue weighted by Gasteiger charge is -2.33. The van der Waals surface area contributed by atoms with Crippen LogP contribution in [0.25, 0.3) is 21.2 Å². The standard InChI is InChI=1S/C32H37NS/c1-19-15-26(16-24-17-29-31(21(3)30(19)24)20(2)22(4)34-29)33-28-14-13-25(32(5,6)7)18-27(28)23-11-9-8-10-12-23/h8-14,17-19,26,33H,15-16H2,1-7H3. The highest BCUT2D eigenvalue weighted by Crippen LogP contribution is 2.43. The summed E-state index contributed by atoms with van der Waals surface area (Å²) in [6.45, 7) is 16.2. The van der Waals surface area contributed by atoms with Crippen LogP contribution >= 0.6 is 11.3 Å². The van der Waals surface area contributed by atoms with E-state index in [1.807, 2.05) is 11.3 Å². The van der Waals surface area contributed by atoms with Gasteiger partial charge in [-0.25, -0.2) is 0 Å². The van der Waals surface area contributed by atoms with Gasteiger partial charge in [0.1, 0.15) is 0 Å². The first kappa shape index (κ1) is 23.2. The van der Waals surface area contributed by atoms with Gasteiger partial charge in [0.15, 0.2) is 0 Å². The van der Waals surface area contributed by atoms with Crippen molar-refractivity contribution in [1.82, 2.24) is 0 Å². The largest absolute Gasteiger partial charge is 0.381 e. The molecule has 0 aliphatic heterocycles. The summed E-state index contributed by atoms with van der Waals surface area (Å²) in [5, 5.41) is 5.49. The topological polar surface area (TPSA) is 12.0 Å². The van der Waals surface area contributed by atoms with Crippen LogP contribution in [-0.2, 0) is 11.8 Å². The molecule has 0 amide bonds. The predicted octanol–water partition coefficient (Wildman–Crippen LogP) is 9.32. The van der Waals surface area contributed by atoms with Crippen molar-refractivity contribution in [2.75, 3.05) is 5.32 Å². The van der Waals surface area contributed by atoms with Gasteiger partial charge in [-0.1, -0.05) is 64.1 Å². The summed E-state index contributed by atoms with van der Waals surface area (Å²) in [6.07, 6.45) is 2.25. The number of nitrogens with one attached hydrogen (secondary N) is 1. The second-order valence-corrected chi connectivity index (χ2v) is 12.5. The number of benzene rings is 3. The Labute approximate surface area is 209 Å². The van der Waals surface area contributed by atoms with E-state index >= 15 is 0 Å². The molecular weight excluding hydrogens is 430 g/mol. The fourth-order valence-corrected chi connectivity index (χ4v) is 7.10. The number of aryl methyl sites for hydroxylation is 3. The summed E-state index contributed by atoms with van der Waals surface area (Å²) in [7, 11) is 0. The van der Waals surface area contributed by atoms with Crippen molar-refractivity contribution >= 4 is 27.1 Å². The monoisotopic (exact) mass is 467 g/mol. The predicted molar refractivity (Wildman–Crippen MR) is 151 cm³/mol. The third-order valence-electron chi connectivity index (χ3n) is 7.77. The van der Waals surface area contributed by atoms with Gasteiger partial charge in [-0.05, 0) is 102 Å². The van der Waals surface area contributed by atoms with Gasteiger partial charge in [-0.2, -0.15) is 0 Å². The van der Waals surface area contributed by atoms with Gasteiger partial charge in [0.25, 0.3) is 0 Å². The van der Waals surface area contributed by atoms with E-state index in [-0.39, 0.29) is 5.41 Å². The Morgan fingerprint density at radius 3 is 2.35 bits per heavy atom. The number of fused-ring (bicyclic) bond motifs is 2. The number of thiophene rings is 1. The smallest absolute Gasteiger partial charge is 0.0422 e. The summed E-state index contributed by atoms with van der Waals surface area (Å²) in [4.78, 5) is 1.45. The van der Waals surface area contributed by atoms with Gasteiger partial charge in [0, 0.05) is 26.9 Å². The first-order valence-electron chi connectivity index (χ1n) is 12.6. The molecule has 34 heavy (non-hydrogen) atoms. The van der Waals surface area contributed by atoms with Crippen LogP contribution in [0.5, 0.6) is 0 Å². The molecule has 0 spiro atoms. The van der Waals surface area contributed by atoms with Gasteiger partial charge in [-0.15, -0.1) is 11.3 Å². The average molecular weight is 468 g/mol. The molecule has 4 aromatic rings. The van der Waals surface area contributed by atoms with Crippen molar-refractivity contribution in [1.29, 1.82) is 0 Å². The molecule has 0 saturated heterocycles. The molecule has 2 heteroatoms. The maximum absolute atomic E-state index is 3.99. The van der Waals surface area contributed by atoms with E-state index in [1.54, 1.807) is 5.56 Å². The van der Waals surface area contributed by atoms with Gasteiger partial charge >= 0.3 is 0 Å². The third-order valence-corrected chi connectivity index (χ3v) is 8.92. The van der Waals surface area contributed by atoms with Crippen molar-refractivity contribution in [3.05, 3.63) is 87.3 Å².